The molecular formula is C94H184O17P2. The number of hydrogen-bond donors (Lipinski definition) is 3. The maximum atomic E-state index is 13.2. The molecule has 0 saturated heterocycles. The summed E-state index contributed by atoms with van der Waals surface area (Å²) in [6.45, 7) is 5.10. The van der Waals surface area contributed by atoms with Crippen molar-refractivity contribution in [3.63, 3.8) is 0 Å². The standard InChI is InChI=1S/C94H184O17P2/c1-5-9-13-17-21-25-29-33-36-39-42-44-46-48-51-54-57-61-65-69-73-77-81-94(99)111-90(85-105-92(97)79-75-71-67-63-59-55-52-50-47-45-43-40-37-34-30-26-22-18-14-10-6-2)87-109-113(102,103)107-83-88(95)82-106-112(100,101)108-86-89(84-104-91(96)78-74-70-66-62-58-32-28-24-20-16-12-8-4)110-93(98)80-76-72-68-64-60-56-53-49-41-38-35-31-27-23-19-15-11-7-3/h88-90,95H,5-87H2,1-4H3,(H,100,101)(H,102,103)/t88-,89+,90+/m0/s1. The molecule has 0 aromatic carbocycles. The van der Waals surface area contributed by atoms with E-state index in [0.29, 0.717) is 25.7 Å². The number of aliphatic hydroxyl groups excluding tert-OH is 1. The topological polar surface area (TPSA) is 237 Å². The lowest BCUT2D eigenvalue weighted by molar-refractivity contribution is -0.161. The van der Waals surface area contributed by atoms with Gasteiger partial charge in [0.15, 0.2) is 12.2 Å². The molecule has 0 aromatic rings. The summed E-state index contributed by atoms with van der Waals surface area (Å²) in [5, 5.41) is 10.7. The van der Waals surface area contributed by atoms with Gasteiger partial charge in [-0.15, -0.1) is 0 Å². The number of ether oxygens (including phenoxy) is 4. The number of esters is 4. The highest BCUT2D eigenvalue weighted by molar-refractivity contribution is 7.47. The molecule has 0 aliphatic heterocycles. The van der Waals surface area contributed by atoms with E-state index in [4.69, 9.17) is 37.0 Å². The van der Waals surface area contributed by atoms with Crippen molar-refractivity contribution in [2.24, 2.45) is 0 Å². The van der Waals surface area contributed by atoms with Gasteiger partial charge in [-0.05, 0) is 25.7 Å². The minimum Gasteiger partial charge on any atom is -0.462 e. The van der Waals surface area contributed by atoms with Gasteiger partial charge in [0.2, 0.25) is 0 Å². The average Bonchev–Trinajstić information content (AvgIpc) is 0.915. The Morgan fingerprint density at radius 1 is 0.212 bits per heavy atom. The largest absolute Gasteiger partial charge is 0.472 e. The fraction of sp³-hybridized carbons (Fsp3) is 0.957. The lowest BCUT2D eigenvalue weighted by atomic mass is 10.0. The Morgan fingerprint density at radius 3 is 0.522 bits per heavy atom. The molecule has 0 fully saturated rings. The van der Waals surface area contributed by atoms with Crippen molar-refractivity contribution in [3.05, 3.63) is 0 Å². The smallest absolute Gasteiger partial charge is 0.462 e. The molecular weight excluding hydrogens is 1460 g/mol. The summed E-state index contributed by atoms with van der Waals surface area (Å²) >= 11 is 0. The molecule has 17 nitrogen and oxygen atoms in total. The van der Waals surface area contributed by atoms with Gasteiger partial charge in [-0.3, -0.25) is 37.3 Å². The Morgan fingerprint density at radius 2 is 0.354 bits per heavy atom. The Hall–Kier alpha value is -1.94. The van der Waals surface area contributed by atoms with Crippen LogP contribution in [0.25, 0.3) is 0 Å². The summed E-state index contributed by atoms with van der Waals surface area (Å²) < 4.78 is 69.2. The summed E-state index contributed by atoms with van der Waals surface area (Å²) in [6.07, 6.45) is 86.3. The maximum Gasteiger partial charge on any atom is 0.472 e. The molecule has 0 saturated carbocycles. The number of carbonyl (C=O) groups is 4. The Labute approximate surface area is 696 Å². The Bertz CT molecular complexity index is 2120. The van der Waals surface area contributed by atoms with E-state index < -0.39 is 97.5 Å². The second-order valence-corrected chi connectivity index (χ2v) is 36.7. The molecule has 0 aliphatic rings. The van der Waals surface area contributed by atoms with Crippen LogP contribution in [0, 0.1) is 0 Å². The third-order valence-corrected chi connectivity index (χ3v) is 24.3. The molecule has 0 spiro atoms. The van der Waals surface area contributed by atoms with E-state index in [2.05, 4.69) is 27.7 Å². The van der Waals surface area contributed by atoms with Gasteiger partial charge in [0.25, 0.3) is 0 Å². The van der Waals surface area contributed by atoms with Crippen LogP contribution in [0.1, 0.15) is 522 Å². The third-order valence-electron chi connectivity index (χ3n) is 22.4. The first-order chi connectivity index (χ1) is 55.2. The van der Waals surface area contributed by atoms with Gasteiger partial charge in [-0.2, -0.15) is 0 Å². The molecule has 113 heavy (non-hydrogen) atoms. The van der Waals surface area contributed by atoms with Crippen LogP contribution in [0.15, 0.2) is 0 Å². The van der Waals surface area contributed by atoms with Crippen molar-refractivity contribution in [2.75, 3.05) is 39.6 Å². The van der Waals surface area contributed by atoms with Gasteiger partial charge in [-0.1, -0.05) is 471 Å². The second-order valence-electron chi connectivity index (χ2n) is 33.8. The highest BCUT2D eigenvalue weighted by Crippen LogP contribution is 2.45. The number of hydrogen-bond acceptors (Lipinski definition) is 15. The Kier molecular flexibility index (Phi) is 86.4. The Balaban J connectivity index is 5.23. The van der Waals surface area contributed by atoms with Gasteiger partial charge < -0.3 is 33.8 Å². The van der Waals surface area contributed by atoms with Crippen LogP contribution in [0.2, 0.25) is 0 Å². The molecule has 0 rings (SSSR count). The zero-order valence-electron chi connectivity index (χ0n) is 74.4. The molecule has 0 aromatic heterocycles. The van der Waals surface area contributed by atoms with E-state index in [1.165, 1.54) is 353 Å². The average molecular weight is 1650 g/mol. The minimum atomic E-state index is -4.97. The van der Waals surface area contributed by atoms with Gasteiger partial charge in [0.05, 0.1) is 26.4 Å². The molecule has 672 valence electrons. The summed E-state index contributed by atoms with van der Waals surface area (Å²) in [7, 11) is -9.94. The van der Waals surface area contributed by atoms with Crippen LogP contribution in [-0.4, -0.2) is 96.7 Å². The number of carbonyl (C=O) groups excluding carboxylic acids is 4. The van der Waals surface area contributed by atoms with Crippen LogP contribution >= 0.6 is 15.6 Å². The summed E-state index contributed by atoms with van der Waals surface area (Å²) in [5.74, 6) is -2.09. The van der Waals surface area contributed by atoms with Crippen molar-refractivity contribution in [1.29, 1.82) is 0 Å². The predicted octanol–water partition coefficient (Wildman–Crippen LogP) is 29.6. The SMILES string of the molecule is CCCCCCCCCCCCCCCCCCCCCCCCC(=O)O[C@H](COC(=O)CCCCCCCCCCCCCCCCCCCCCCC)COP(=O)(O)OC[C@@H](O)COP(=O)(O)OC[C@@H](COC(=O)CCCCCCCCCCCCCC)OC(=O)CCCCCCCCCCCCCCCCCCCC. The van der Waals surface area contributed by atoms with E-state index in [1.54, 1.807) is 0 Å². The quantitative estimate of drug-likeness (QED) is 0.0222. The fourth-order valence-corrected chi connectivity index (χ4v) is 16.5. The first-order valence-electron chi connectivity index (χ1n) is 48.8. The summed E-state index contributed by atoms with van der Waals surface area (Å²) in [6, 6.07) is 0. The number of unbranched alkanes of at least 4 members (excludes halogenated alkanes) is 69. The van der Waals surface area contributed by atoms with E-state index in [1.807, 2.05) is 0 Å². The molecule has 0 bridgehead atoms. The number of phosphoric acid groups is 2. The zero-order valence-corrected chi connectivity index (χ0v) is 76.2. The molecule has 2 unspecified atom stereocenters. The highest BCUT2D eigenvalue weighted by atomic mass is 31.2. The van der Waals surface area contributed by atoms with Crippen LogP contribution in [0.5, 0.6) is 0 Å². The molecule has 0 heterocycles. The van der Waals surface area contributed by atoms with E-state index in [0.717, 1.165) is 89.9 Å². The number of aliphatic hydroxyl groups is 1. The van der Waals surface area contributed by atoms with Gasteiger partial charge >= 0.3 is 39.5 Å². The maximum absolute atomic E-state index is 13.2. The van der Waals surface area contributed by atoms with Gasteiger partial charge in [0, 0.05) is 25.7 Å². The van der Waals surface area contributed by atoms with Crippen LogP contribution in [-0.2, 0) is 65.4 Å². The van der Waals surface area contributed by atoms with Crippen LogP contribution in [0.3, 0.4) is 0 Å². The minimum absolute atomic E-state index is 0.110. The molecule has 5 atom stereocenters. The van der Waals surface area contributed by atoms with E-state index in [-0.39, 0.29) is 25.7 Å². The lowest BCUT2D eigenvalue weighted by Gasteiger charge is -2.21. The van der Waals surface area contributed by atoms with Gasteiger partial charge in [0.1, 0.15) is 19.3 Å². The fourth-order valence-electron chi connectivity index (χ4n) is 14.9. The van der Waals surface area contributed by atoms with Crippen LogP contribution in [0.4, 0.5) is 0 Å². The number of rotatable bonds is 95. The van der Waals surface area contributed by atoms with Crippen molar-refractivity contribution < 1.29 is 80.2 Å². The van der Waals surface area contributed by atoms with E-state index in [9.17, 15) is 43.2 Å². The number of phosphoric ester groups is 2. The first kappa shape index (κ1) is 111. The first-order valence-corrected chi connectivity index (χ1v) is 51.8. The molecule has 3 N–H and O–H groups in total. The highest BCUT2D eigenvalue weighted by Gasteiger charge is 2.31. The summed E-state index contributed by atoms with van der Waals surface area (Å²) in [5.41, 5.74) is 0. The van der Waals surface area contributed by atoms with Crippen LogP contribution < -0.4 is 0 Å². The van der Waals surface area contributed by atoms with E-state index >= 15 is 0 Å². The predicted molar refractivity (Wildman–Crippen MR) is 469 cm³/mol. The van der Waals surface area contributed by atoms with Crippen molar-refractivity contribution in [3.8, 4) is 0 Å². The van der Waals surface area contributed by atoms with Crippen molar-refractivity contribution in [2.45, 2.75) is 540 Å². The molecule has 19 heteroatoms. The van der Waals surface area contributed by atoms with Crippen molar-refractivity contribution >= 4 is 39.5 Å². The third kappa shape index (κ3) is 87.7. The van der Waals surface area contributed by atoms with Crippen molar-refractivity contribution in [1.82, 2.24) is 0 Å². The van der Waals surface area contributed by atoms with Gasteiger partial charge in [-0.25, -0.2) is 9.13 Å². The summed E-state index contributed by atoms with van der Waals surface area (Å²) in [4.78, 5) is 73.5. The normalized spacial score (nSPS) is 13.6. The molecule has 0 aliphatic carbocycles. The zero-order chi connectivity index (χ0) is 82.4. The monoisotopic (exact) mass is 1650 g/mol. The molecule has 0 radical (unpaired) electrons. The second kappa shape index (κ2) is 87.9. The molecule has 0 amide bonds. The lowest BCUT2D eigenvalue weighted by Crippen LogP contribution is -2.30.